The molecule has 0 saturated carbocycles. The van der Waals surface area contributed by atoms with Crippen LogP contribution in [0, 0.1) is 0 Å². The SMILES string of the molecule is C[Si](C)(C)Oc1ccccc1N=CCc1cccs1. The number of benzene rings is 1. The van der Waals surface area contributed by atoms with Crippen LogP contribution in [0.25, 0.3) is 0 Å². The standard InChI is InChI=1S/C15H19NOSSi/c1-19(2,3)17-15-9-5-4-8-14(15)16-11-10-13-7-6-12-18-13/h4-9,11-12H,10H2,1-3H3. The van der Waals surface area contributed by atoms with Crippen molar-refractivity contribution in [1.29, 1.82) is 0 Å². The lowest BCUT2D eigenvalue weighted by atomic mass is 10.3. The van der Waals surface area contributed by atoms with E-state index in [2.05, 4.69) is 42.1 Å². The van der Waals surface area contributed by atoms with Crippen LogP contribution in [-0.4, -0.2) is 14.5 Å². The molecule has 0 atom stereocenters. The van der Waals surface area contributed by atoms with Gasteiger partial charge in [-0.25, -0.2) is 0 Å². The molecule has 0 fully saturated rings. The molecule has 4 heteroatoms. The third-order valence-corrected chi connectivity index (χ3v) is 4.12. The van der Waals surface area contributed by atoms with Crippen LogP contribution in [0.1, 0.15) is 4.88 Å². The van der Waals surface area contributed by atoms with Gasteiger partial charge in [0.2, 0.25) is 8.32 Å². The predicted octanol–water partition coefficient (Wildman–Crippen LogP) is 4.91. The molecule has 0 amide bonds. The van der Waals surface area contributed by atoms with Gasteiger partial charge in [-0.3, -0.25) is 4.99 Å². The molecule has 0 bridgehead atoms. The summed E-state index contributed by atoms with van der Waals surface area (Å²) in [5, 5.41) is 2.09. The highest BCUT2D eigenvalue weighted by Crippen LogP contribution is 2.29. The molecule has 0 unspecified atom stereocenters. The summed E-state index contributed by atoms with van der Waals surface area (Å²) in [6.07, 6.45) is 2.83. The van der Waals surface area contributed by atoms with Gasteiger partial charge in [0.05, 0.1) is 0 Å². The van der Waals surface area contributed by atoms with Crippen LogP contribution in [0.15, 0.2) is 46.8 Å². The Morgan fingerprint density at radius 2 is 1.95 bits per heavy atom. The summed E-state index contributed by atoms with van der Waals surface area (Å²) in [4.78, 5) is 5.87. The average Bonchev–Trinajstić information content (AvgIpc) is 2.82. The van der Waals surface area contributed by atoms with E-state index in [0.717, 1.165) is 17.9 Å². The van der Waals surface area contributed by atoms with Crippen molar-refractivity contribution in [3.05, 3.63) is 46.7 Å². The van der Waals surface area contributed by atoms with Gasteiger partial charge >= 0.3 is 0 Å². The predicted molar refractivity (Wildman–Crippen MR) is 86.6 cm³/mol. The van der Waals surface area contributed by atoms with Gasteiger partial charge in [0, 0.05) is 17.5 Å². The van der Waals surface area contributed by atoms with Gasteiger partial charge in [-0.05, 0) is 43.2 Å². The fraction of sp³-hybridized carbons (Fsp3) is 0.267. The lowest BCUT2D eigenvalue weighted by molar-refractivity contribution is 0.559. The quantitative estimate of drug-likeness (QED) is 0.566. The highest BCUT2D eigenvalue weighted by Gasteiger charge is 2.17. The molecule has 2 rings (SSSR count). The van der Waals surface area contributed by atoms with E-state index in [1.807, 2.05) is 30.5 Å². The summed E-state index contributed by atoms with van der Waals surface area (Å²) in [5.41, 5.74) is 0.918. The molecule has 100 valence electrons. The van der Waals surface area contributed by atoms with E-state index < -0.39 is 8.32 Å². The van der Waals surface area contributed by atoms with Crippen LogP contribution >= 0.6 is 11.3 Å². The third-order valence-electron chi connectivity index (χ3n) is 2.38. The maximum Gasteiger partial charge on any atom is 0.242 e. The Balaban J connectivity index is 2.09. The van der Waals surface area contributed by atoms with Crippen molar-refractivity contribution in [2.24, 2.45) is 4.99 Å². The van der Waals surface area contributed by atoms with Crippen molar-refractivity contribution in [3.8, 4) is 5.75 Å². The van der Waals surface area contributed by atoms with Crippen molar-refractivity contribution < 1.29 is 4.43 Å². The highest BCUT2D eigenvalue weighted by molar-refractivity contribution is 7.10. The zero-order chi connectivity index (χ0) is 13.7. The first-order valence-corrected chi connectivity index (χ1v) is 10.7. The fourth-order valence-electron chi connectivity index (χ4n) is 1.64. The lowest BCUT2D eigenvalue weighted by Crippen LogP contribution is -2.29. The Morgan fingerprint density at radius 3 is 2.63 bits per heavy atom. The van der Waals surface area contributed by atoms with E-state index in [1.54, 1.807) is 11.3 Å². The molecule has 2 aromatic rings. The summed E-state index contributed by atoms with van der Waals surface area (Å²) in [5.74, 6) is 0.893. The number of nitrogens with zero attached hydrogens (tertiary/aromatic N) is 1. The molecule has 2 nitrogen and oxygen atoms in total. The summed E-state index contributed by atoms with van der Waals surface area (Å²) in [7, 11) is -1.59. The molecule has 0 aliphatic carbocycles. The zero-order valence-electron chi connectivity index (χ0n) is 11.6. The molecule has 1 aromatic carbocycles. The summed E-state index contributed by atoms with van der Waals surface area (Å²) in [6, 6.07) is 12.2. The fourth-order valence-corrected chi connectivity index (χ4v) is 3.13. The molecule has 19 heavy (non-hydrogen) atoms. The van der Waals surface area contributed by atoms with Crippen LogP contribution in [0.2, 0.25) is 19.6 Å². The third kappa shape index (κ3) is 4.65. The van der Waals surface area contributed by atoms with Crippen LogP contribution < -0.4 is 4.43 Å². The zero-order valence-corrected chi connectivity index (χ0v) is 13.4. The second kappa shape index (κ2) is 6.17. The molecule has 0 aliphatic heterocycles. The van der Waals surface area contributed by atoms with E-state index in [-0.39, 0.29) is 0 Å². The Hall–Kier alpha value is -1.39. The second-order valence-corrected chi connectivity index (χ2v) is 10.7. The Kier molecular flexibility index (Phi) is 4.55. The summed E-state index contributed by atoms with van der Waals surface area (Å²) in [6.45, 7) is 6.54. The molecule has 0 spiro atoms. The first kappa shape index (κ1) is 14.0. The van der Waals surface area contributed by atoms with E-state index in [0.29, 0.717) is 0 Å². The maximum atomic E-state index is 6.05. The molecular weight excluding hydrogens is 270 g/mol. The summed E-state index contributed by atoms with van der Waals surface area (Å²) < 4.78 is 6.05. The lowest BCUT2D eigenvalue weighted by Gasteiger charge is -2.20. The average molecular weight is 289 g/mol. The van der Waals surface area contributed by atoms with Gasteiger partial charge in [0.1, 0.15) is 11.4 Å². The number of hydrogen-bond acceptors (Lipinski definition) is 3. The van der Waals surface area contributed by atoms with Gasteiger partial charge in [-0.2, -0.15) is 0 Å². The number of rotatable bonds is 5. The number of thiophene rings is 1. The smallest absolute Gasteiger partial charge is 0.242 e. The van der Waals surface area contributed by atoms with E-state index in [4.69, 9.17) is 4.43 Å². The van der Waals surface area contributed by atoms with Gasteiger partial charge in [-0.1, -0.05) is 18.2 Å². The first-order valence-electron chi connectivity index (χ1n) is 6.37. The Bertz CT molecular complexity index is 544. The molecular formula is C15H19NOSSi. The van der Waals surface area contributed by atoms with E-state index >= 15 is 0 Å². The monoisotopic (exact) mass is 289 g/mol. The molecule has 0 saturated heterocycles. The molecule has 1 aromatic heterocycles. The minimum Gasteiger partial charge on any atom is -0.543 e. The minimum atomic E-state index is -1.59. The topological polar surface area (TPSA) is 21.6 Å². The van der Waals surface area contributed by atoms with Gasteiger partial charge in [0.25, 0.3) is 0 Å². The summed E-state index contributed by atoms with van der Waals surface area (Å²) >= 11 is 1.76. The molecule has 0 aliphatic rings. The van der Waals surface area contributed by atoms with Crippen LogP contribution in [0.5, 0.6) is 5.75 Å². The van der Waals surface area contributed by atoms with Crippen LogP contribution in [-0.2, 0) is 6.42 Å². The Labute approximate surface area is 119 Å². The normalized spacial score (nSPS) is 11.9. The number of para-hydroxylation sites is 2. The number of hydrogen-bond donors (Lipinski definition) is 0. The van der Waals surface area contributed by atoms with E-state index in [9.17, 15) is 0 Å². The van der Waals surface area contributed by atoms with E-state index in [1.165, 1.54) is 4.88 Å². The highest BCUT2D eigenvalue weighted by atomic mass is 32.1. The van der Waals surface area contributed by atoms with Crippen LogP contribution in [0.4, 0.5) is 5.69 Å². The largest absolute Gasteiger partial charge is 0.543 e. The second-order valence-electron chi connectivity index (χ2n) is 5.28. The Morgan fingerprint density at radius 1 is 1.16 bits per heavy atom. The minimum absolute atomic E-state index is 0.874. The molecule has 0 N–H and O–H groups in total. The maximum absolute atomic E-state index is 6.05. The molecule has 0 radical (unpaired) electrons. The molecule has 1 heterocycles. The number of aliphatic imine (C=N–C) groups is 1. The van der Waals surface area contributed by atoms with Crippen molar-refractivity contribution in [1.82, 2.24) is 0 Å². The van der Waals surface area contributed by atoms with Crippen LogP contribution in [0.3, 0.4) is 0 Å². The first-order chi connectivity index (χ1) is 9.04. The van der Waals surface area contributed by atoms with Crippen molar-refractivity contribution in [3.63, 3.8) is 0 Å². The van der Waals surface area contributed by atoms with Crippen molar-refractivity contribution >= 4 is 31.6 Å². The van der Waals surface area contributed by atoms with Gasteiger partial charge in [-0.15, -0.1) is 11.3 Å². The van der Waals surface area contributed by atoms with Crippen molar-refractivity contribution in [2.45, 2.75) is 26.1 Å². The van der Waals surface area contributed by atoms with Gasteiger partial charge in [0.15, 0.2) is 0 Å². The van der Waals surface area contributed by atoms with Crippen molar-refractivity contribution in [2.75, 3.05) is 0 Å². The van der Waals surface area contributed by atoms with Gasteiger partial charge < -0.3 is 4.43 Å².